The fourth-order valence-electron chi connectivity index (χ4n) is 3.89. The van der Waals surface area contributed by atoms with Crippen molar-refractivity contribution in [3.05, 3.63) is 23.8 Å². The number of ether oxygens (including phenoxy) is 2. The molecule has 9 nitrogen and oxygen atoms in total. The van der Waals surface area contributed by atoms with E-state index in [0.29, 0.717) is 24.2 Å². The van der Waals surface area contributed by atoms with Gasteiger partial charge in [-0.1, -0.05) is 20.3 Å². The first-order valence-electron chi connectivity index (χ1n) is 9.72. The van der Waals surface area contributed by atoms with Crippen molar-refractivity contribution >= 4 is 39.0 Å². The van der Waals surface area contributed by atoms with E-state index in [0.717, 1.165) is 0 Å². The summed E-state index contributed by atoms with van der Waals surface area (Å²) in [7, 11) is 2.04. The third-order valence-electron chi connectivity index (χ3n) is 4.76. The van der Waals surface area contributed by atoms with Crippen molar-refractivity contribution in [2.75, 3.05) is 11.4 Å². The van der Waals surface area contributed by atoms with Crippen molar-refractivity contribution in [1.29, 1.82) is 0 Å². The molecule has 2 heterocycles. The third kappa shape index (κ3) is 4.26. The molecule has 1 fully saturated rings. The monoisotopic (exact) mass is 437 g/mol. The van der Waals surface area contributed by atoms with Crippen molar-refractivity contribution in [1.82, 2.24) is 9.99 Å². The SMILES string of the molecule is CC(=O)O[C@@]12CCN(C(C)=O)[C@@H]1N(C(C)=O)c1ccc(OC(=O)NP)cc12.CCC. The van der Waals surface area contributed by atoms with Gasteiger partial charge in [-0.2, -0.15) is 0 Å². The molecular formula is C20H28N3O6P. The molecule has 1 aromatic carbocycles. The topological polar surface area (TPSA) is 105 Å². The molecule has 0 bridgehead atoms. The first kappa shape index (κ1) is 23.6. The number of esters is 1. The van der Waals surface area contributed by atoms with Gasteiger partial charge in [0.15, 0.2) is 11.8 Å². The van der Waals surface area contributed by atoms with Gasteiger partial charge in [-0.15, -0.1) is 0 Å². The standard InChI is InChI=1S/C17H20N3O6P.C3H8/c1-9(21)19-7-6-17(26-11(3)23)13-8-12(25-16(24)18-27)4-5-14(13)20(10(2)22)15(17)19;1-3-2/h4-5,8,15H,6-7,27H2,1-3H3,(H,18,24);3H2,1-2H3/t15-,17-;/m1./s1. The minimum absolute atomic E-state index is 0.227. The van der Waals surface area contributed by atoms with Gasteiger partial charge < -0.3 is 19.5 Å². The molecule has 3 amide bonds. The van der Waals surface area contributed by atoms with Crippen LogP contribution in [-0.4, -0.2) is 41.5 Å². The summed E-state index contributed by atoms with van der Waals surface area (Å²) >= 11 is 0. The number of hydrogen-bond acceptors (Lipinski definition) is 6. The average Bonchev–Trinajstić information content (AvgIpc) is 3.14. The number of nitrogens with one attached hydrogen (secondary N) is 1. The van der Waals surface area contributed by atoms with Crippen LogP contribution in [0.3, 0.4) is 0 Å². The zero-order chi connectivity index (χ0) is 22.6. The van der Waals surface area contributed by atoms with Gasteiger partial charge in [0, 0.05) is 39.3 Å². The van der Waals surface area contributed by atoms with Crippen molar-refractivity contribution in [3.63, 3.8) is 0 Å². The summed E-state index contributed by atoms with van der Waals surface area (Å²) in [5, 5.41) is 2.27. The van der Waals surface area contributed by atoms with Crippen LogP contribution >= 0.6 is 9.39 Å². The van der Waals surface area contributed by atoms with E-state index < -0.39 is 23.8 Å². The maximum Gasteiger partial charge on any atom is 0.415 e. The van der Waals surface area contributed by atoms with Crippen LogP contribution in [-0.2, 0) is 24.7 Å². The normalized spacial score (nSPS) is 21.1. The summed E-state index contributed by atoms with van der Waals surface area (Å²) in [5.74, 6) is -0.826. The molecule has 1 N–H and O–H groups in total. The molecule has 1 unspecified atom stereocenters. The smallest absolute Gasteiger partial charge is 0.415 e. The van der Waals surface area contributed by atoms with Gasteiger partial charge >= 0.3 is 12.1 Å². The minimum atomic E-state index is -1.21. The highest BCUT2D eigenvalue weighted by molar-refractivity contribution is 7.15. The Kier molecular flexibility index (Phi) is 7.42. The number of fused-ring (bicyclic) bond motifs is 3. The number of rotatable bonds is 2. The Bertz CT molecular complexity index is 861. The van der Waals surface area contributed by atoms with Crippen LogP contribution in [0.25, 0.3) is 0 Å². The molecule has 30 heavy (non-hydrogen) atoms. The molecular weight excluding hydrogens is 409 g/mol. The first-order valence-corrected chi connectivity index (χ1v) is 10.3. The Morgan fingerprint density at radius 3 is 2.30 bits per heavy atom. The Hall–Kier alpha value is -2.67. The number of nitrogens with zero attached hydrogens (tertiary/aromatic N) is 2. The van der Waals surface area contributed by atoms with Crippen LogP contribution in [0.5, 0.6) is 5.75 Å². The van der Waals surface area contributed by atoms with Gasteiger partial charge in [0.1, 0.15) is 5.75 Å². The summed E-state index contributed by atoms with van der Waals surface area (Å²) in [6, 6.07) is 4.72. The summed E-state index contributed by atoms with van der Waals surface area (Å²) in [6.07, 6.45) is 0.112. The van der Waals surface area contributed by atoms with E-state index in [1.165, 1.54) is 43.1 Å². The first-order chi connectivity index (χ1) is 14.1. The molecule has 3 atom stereocenters. The summed E-state index contributed by atoms with van der Waals surface area (Å²) in [6.45, 7) is 8.65. The van der Waals surface area contributed by atoms with Crippen molar-refractivity contribution < 1.29 is 28.7 Å². The predicted octanol–water partition coefficient (Wildman–Crippen LogP) is 2.68. The number of anilines is 1. The predicted molar refractivity (Wildman–Crippen MR) is 114 cm³/mol. The third-order valence-corrected chi connectivity index (χ3v) is 5.00. The molecule has 10 heteroatoms. The Morgan fingerprint density at radius 2 is 1.80 bits per heavy atom. The molecule has 164 valence electrons. The summed E-state index contributed by atoms with van der Waals surface area (Å²) < 4.78 is 10.9. The van der Waals surface area contributed by atoms with Crippen molar-refractivity contribution in [2.45, 2.75) is 59.2 Å². The van der Waals surface area contributed by atoms with Crippen molar-refractivity contribution in [3.8, 4) is 5.75 Å². The number of carbonyl (C=O) groups excluding carboxylic acids is 4. The largest absolute Gasteiger partial charge is 0.450 e. The van der Waals surface area contributed by atoms with Gasteiger partial charge in [-0.3, -0.25) is 19.3 Å². The fraction of sp³-hybridized carbons (Fsp3) is 0.500. The fourth-order valence-corrected chi connectivity index (χ4v) is 3.95. The lowest BCUT2D eigenvalue weighted by atomic mass is 9.92. The second kappa shape index (κ2) is 9.43. The molecule has 0 spiro atoms. The van der Waals surface area contributed by atoms with E-state index >= 15 is 0 Å². The quantitative estimate of drug-likeness (QED) is 0.563. The molecule has 0 radical (unpaired) electrons. The summed E-state index contributed by atoms with van der Waals surface area (Å²) in [4.78, 5) is 50.9. The molecule has 0 aromatic heterocycles. The number of benzene rings is 1. The van der Waals surface area contributed by atoms with Crippen LogP contribution in [0.2, 0.25) is 0 Å². The zero-order valence-electron chi connectivity index (χ0n) is 17.9. The van der Waals surface area contributed by atoms with E-state index in [2.05, 4.69) is 18.9 Å². The Balaban J connectivity index is 0.00000101. The van der Waals surface area contributed by atoms with E-state index in [-0.39, 0.29) is 17.6 Å². The molecule has 2 aliphatic heterocycles. The van der Waals surface area contributed by atoms with Crippen molar-refractivity contribution in [2.24, 2.45) is 0 Å². The van der Waals surface area contributed by atoms with Gasteiger partial charge in [0.2, 0.25) is 11.8 Å². The zero-order valence-corrected chi connectivity index (χ0v) is 19.0. The number of hydrogen-bond donors (Lipinski definition) is 1. The van der Waals surface area contributed by atoms with E-state index in [1.807, 2.05) is 9.39 Å². The van der Waals surface area contributed by atoms with Crippen LogP contribution in [0.15, 0.2) is 18.2 Å². The van der Waals surface area contributed by atoms with Gasteiger partial charge in [-0.25, -0.2) is 4.79 Å². The van der Waals surface area contributed by atoms with Crippen LogP contribution in [0, 0.1) is 0 Å². The van der Waals surface area contributed by atoms with Gasteiger partial charge in [0.05, 0.1) is 5.69 Å². The second-order valence-corrected chi connectivity index (χ2v) is 7.42. The molecule has 2 aliphatic rings. The average molecular weight is 437 g/mol. The molecule has 1 saturated heterocycles. The summed E-state index contributed by atoms with van der Waals surface area (Å²) in [5.41, 5.74) is -0.177. The lowest BCUT2D eigenvalue weighted by Gasteiger charge is -2.35. The highest BCUT2D eigenvalue weighted by atomic mass is 31.0. The van der Waals surface area contributed by atoms with Crippen LogP contribution < -0.4 is 14.7 Å². The van der Waals surface area contributed by atoms with E-state index in [4.69, 9.17) is 9.47 Å². The van der Waals surface area contributed by atoms with E-state index in [9.17, 15) is 19.2 Å². The lowest BCUT2D eigenvalue weighted by Crippen LogP contribution is -2.54. The Labute approximate surface area is 178 Å². The number of amides is 3. The van der Waals surface area contributed by atoms with E-state index in [1.54, 1.807) is 12.1 Å². The molecule has 0 saturated carbocycles. The van der Waals surface area contributed by atoms with Gasteiger partial charge in [-0.05, 0) is 27.6 Å². The lowest BCUT2D eigenvalue weighted by molar-refractivity contribution is -0.162. The molecule has 0 aliphatic carbocycles. The second-order valence-electron chi connectivity index (χ2n) is 7.13. The Morgan fingerprint density at radius 1 is 1.17 bits per heavy atom. The number of carbonyl (C=O) groups is 4. The highest BCUT2D eigenvalue weighted by Gasteiger charge is 2.62. The maximum absolute atomic E-state index is 12.4. The van der Waals surface area contributed by atoms with Gasteiger partial charge in [0.25, 0.3) is 0 Å². The molecule has 1 aromatic rings. The maximum atomic E-state index is 12.4. The molecule has 3 rings (SSSR count). The highest BCUT2D eigenvalue weighted by Crippen LogP contribution is 2.54. The minimum Gasteiger partial charge on any atom is -0.450 e. The number of likely N-dealkylation sites (tertiary alicyclic amines) is 1. The van der Waals surface area contributed by atoms with Crippen LogP contribution in [0.1, 0.15) is 53.0 Å². The van der Waals surface area contributed by atoms with Crippen LogP contribution in [0.4, 0.5) is 10.5 Å².